The van der Waals surface area contributed by atoms with Crippen molar-refractivity contribution in [2.45, 2.75) is 52.0 Å². The van der Waals surface area contributed by atoms with Crippen molar-refractivity contribution in [1.82, 2.24) is 9.78 Å². The van der Waals surface area contributed by atoms with Crippen LogP contribution in [0.4, 0.5) is 0 Å². The van der Waals surface area contributed by atoms with Crippen molar-refractivity contribution in [2.24, 2.45) is 23.2 Å². The summed E-state index contributed by atoms with van der Waals surface area (Å²) in [5, 5.41) is 13.4. The highest BCUT2D eigenvalue weighted by molar-refractivity contribution is 5.85. The molecular formula is C16H22N2O2. The molecule has 1 N–H and O–H groups in total. The molecule has 108 valence electrons. The molecule has 1 aromatic heterocycles. The monoisotopic (exact) mass is 274 g/mol. The Morgan fingerprint density at radius 2 is 1.85 bits per heavy atom. The molecule has 1 heterocycles. The van der Waals surface area contributed by atoms with Crippen LogP contribution in [0.15, 0.2) is 6.07 Å². The standard InChI is InChI=1S/C16H22N2O2/c1-10-2-14(15(19)20)17-18(10)9-16-6-11-3-12(7-16)5-13(4-11)8-16/h2,11-13H,3-9H2,1H3,(H,19,20). The van der Waals surface area contributed by atoms with Gasteiger partial charge in [-0.15, -0.1) is 0 Å². The fourth-order valence-corrected chi connectivity index (χ4v) is 5.58. The summed E-state index contributed by atoms with van der Waals surface area (Å²) in [6.07, 6.45) is 8.33. The molecular weight excluding hydrogens is 252 g/mol. The Morgan fingerprint density at radius 1 is 1.30 bits per heavy atom. The third-order valence-corrected chi connectivity index (χ3v) is 5.85. The molecule has 0 unspecified atom stereocenters. The lowest BCUT2D eigenvalue weighted by Gasteiger charge is -2.56. The Hall–Kier alpha value is -1.32. The highest BCUT2D eigenvalue weighted by Crippen LogP contribution is 2.60. The molecule has 4 nitrogen and oxygen atoms in total. The van der Waals surface area contributed by atoms with Gasteiger partial charge in [0, 0.05) is 12.2 Å². The van der Waals surface area contributed by atoms with Crippen LogP contribution in [0.3, 0.4) is 0 Å². The molecule has 4 aliphatic rings. The Kier molecular flexibility index (Phi) is 2.54. The predicted molar refractivity (Wildman–Crippen MR) is 74.5 cm³/mol. The van der Waals surface area contributed by atoms with Gasteiger partial charge < -0.3 is 5.11 Å². The van der Waals surface area contributed by atoms with Gasteiger partial charge in [0.1, 0.15) is 0 Å². The van der Waals surface area contributed by atoms with Gasteiger partial charge in [-0.25, -0.2) is 4.79 Å². The minimum Gasteiger partial charge on any atom is -0.476 e. The molecule has 0 saturated heterocycles. The average Bonchev–Trinajstić information content (AvgIpc) is 2.68. The summed E-state index contributed by atoms with van der Waals surface area (Å²) in [6, 6.07) is 1.70. The number of nitrogens with zero attached hydrogens (tertiary/aromatic N) is 2. The fraction of sp³-hybridized carbons (Fsp3) is 0.750. The molecule has 20 heavy (non-hydrogen) atoms. The van der Waals surface area contributed by atoms with E-state index in [9.17, 15) is 4.79 Å². The first-order valence-corrected chi connectivity index (χ1v) is 7.81. The van der Waals surface area contributed by atoms with Gasteiger partial charge in [0.25, 0.3) is 0 Å². The topological polar surface area (TPSA) is 55.1 Å². The van der Waals surface area contributed by atoms with E-state index in [-0.39, 0.29) is 5.69 Å². The zero-order chi connectivity index (χ0) is 13.9. The van der Waals surface area contributed by atoms with Gasteiger partial charge in [-0.2, -0.15) is 5.10 Å². The maximum absolute atomic E-state index is 11.1. The number of hydrogen-bond donors (Lipinski definition) is 1. The number of aryl methyl sites for hydroxylation is 1. The predicted octanol–water partition coefficient (Wildman–Crippen LogP) is 3.11. The van der Waals surface area contributed by atoms with Crippen LogP contribution in [0, 0.1) is 30.1 Å². The van der Waals surface area contributed by atoms with Gasteiger partial charge in [-0.05, 0) is 74.7 Å². The van der Waals surface area contributed by atoms with Crippen molar-refractivity contribution in [1.29, 1.82) is 0 Å². The largest absolute Gasteiger partial charge is 0.476 e. The molecule has 4 bridgehead atoms. The van der Waals surface area contributed by atoms with Crippen LogP contribution in [0.5, 0.6) is 0 Å². The van der Waals surface area contributed by atoms with E-state index in [0.717, 1.165) is 30.0 Å². The SMILES string of the molecule is Cc1cc(C(=O)O)nn1CC12CC3CC(CC(C3)C1)C2. The molecule has 4 fully saturated rings. The number of rotatable bonds is 3. The molecule has 0 radical (unpaired) electrons. The summed E-state index contributed by atoms with van der Waals surface area (Å²) in [4.78, 5) is 11.1. The van der Waals surface area contributed by atoms with Crippen molar-refractivity contribution in [2.75, 3.05) is 0 Å². The van der Waals surface area contributed by atoms with Crippen molar-refractivity contribution in [3.63, 3.8) is 0 Å². The van der Waals surface area contributed by atoms with E-state index in [1.165, 1.54) is 38.5 Å². The normalized spacial score (nSPS) is 38.4. The van der Waals surface area contributed by atoms with Gasteiger partial charge in [0.2, 0.25) is 0 Å². The van der Waals surface area contributed by atoms with E-state index in [1.807, 2.05) is 11.6 Å². The maximum Gasteiger partial charge on any atom is 0.356 e. The van der Waals surface area contributed by atoms with E-state index in [2.05, 4.69) is 5.10 Å². The van der Waals surface area contributed by atoms with Crippen LogP contribution in [0.2, 0.25) is 0 Å². The highest BCUT2D eigenvalue weighted by Gasteiger charge is 2.51. The van der Waals surface area contributed by atoms with Crippen molar-refractivity contribution in [3.05, 3.63) is 17.5 Å². The molecule has 4 aliphatic carbocycles. The second-order valence-corrected chi connectivity index (χ2v) is 7.55. The van der Waals surface area contributed by atoms with Gasteiger partial charge in [-0.1, -0.05) is 0 Å². The summed E-state index contributed by atoms with van der Waals surface area (Å²) in [6.45, 7) is 2.90. The lowest BCUT2D eigenvalue weighted by atomic mass is 9.49. The average molecular weight is 274 g/mol. The molecule has 0 amide bonds. The molecule has 0 aliphatic heterocycles. The number of carboxylic acids is 1. The fourth-order valence-electron chi connectivity index (χ4n) is 5.58. The molecule has 0 atom stereocenters. The number of carboxylic acid groups (broad SMARTS) is 1. The summed E-state index contributed by atoms with van der Waals surface area (Å²) in [5.41, 5.74) is 1.58. The van der Waals surface area contributed by atoms with Gasteiger partial charge >= 0.3 is 5.97 Å². The Bertz CT molecular complexity index is 526. The Morgan fingerprint density at radius 3 is 2.30 bits per heavy atom. The minimum atomic E-state index is -0.919. The Labute approximate surface area is 119 Å². The van der Waals surface area contributed by atoms with E-state index in [4.69, 9.17) is 5.11 Å². The lowest BCUT2D eigenvalue weighted by molar-refractivity contribution is -0.0638. The van der Waals surface area contributed by atoms with E-state index in [0.29, 0.717) is 5.41 Å². The van der Waals surface area contributed by atoms with Crippen LogP contribution in [-0.4, -0.2) is 20.9 Å². The molecule has 4 heteroatoms. The van der Waals surface area contributed by atoms with Gasteiger partial charge in [0.05, 0.1) is 0 Å². The highest BCUT2D eigenvalue weighted by atomic mass is 16.4. The zero-order valence-corrected chi connectivity index (χ0v) is 12.0. The first-order chi connectivity index (χ1) is 9.53. The second kappa shape index (κ2) is 4.09. The molecule has 5 rings (SSSR count). The van der Waals surface area contributed by atoms with Crippen LogP contribution in [0.1, 0.15) is 54.7 Å². The zero-order valence-electron chi connectivity index (χ0n) is 12.0. The van der Waals surface area contributed by atoms with Gasteiger partial charge in [-0.3, -0.25) is 4.68 Å². The molecule has 0 aromatic carbocycles. The van der Waals surface area contributed by atoms with Crippen molar-refractivity contribution >= 4 is 5.97 Å². The van der Waals surface area contributed by atoms with E-state index >= 15 is 0 Å². The summed E-state index contributed by atoms with van der Waals surface area (Å²) in [5.74, 6) is 1.86. The lowest BCUT2D eigenvalue weighted by Crippen LogP contribution is -2.48. The third-order valence-electron chi connectivity index (χ3n) is 5.85. The minimum absolute atomic E-state index is 0.187. The number of carbonyl (C=O) groups is 1. The van der Waals surface area contributed by atoms with Crippen LogP contribution < -0.4 is 0 Å². The molecule has 4 saturated carbocycles. The van der Waals surface area contributed by atoms with Crippen LogP contribution >= 0.6 is 0 Å². The summed E-state index contributed by atoms with van der Waals surface area (Å²) < 4.78 is 1.95. The smallest absolute Gasteiger partial charge is 0.356 e. The number of aromatic nitrogens is 2. The summed E-state index contributed by atoms with van der Waals surface area (Å²) >= 11 is 0. The van der Waals surface area contributed by atoms with Crippen molar-refractivity contribution < 1.29 is 9.90 Å². The molecule has 1 aromatic rings. The number of hydrogen-bond acceptors (Lipinski definition) is 2. The van der Waals surface area contributed by atoms with E-state index < -0.39 is 5.97 Å². The maximum atomic E-state index is 11.1. The Balaban J connectivity index is 1.61. The second-order valence-electron chi connectivity index (χ2n) is 7.55. The van der Waals surface area contributed by atoms with Crippen LogP contribution in [0.25, 0.3) is 0 Å². The molecule has 0 spiro atoms. The van der Waals surface area contributed by atoms with E-state index in [1.54, 1.807) is 6.07 Å². The van der Waals surface area contributed by atoms with Gasteiger partial charge in [0.15, 0.2) is 5.69 Å². The summed E-state index contributed by atoms with van der Waals surface area (Å²) in [7, 11) is 0. The quantitative estimate of drug-likeness (QED) is 0.921. The van der Waals surface area contributed by atoms with Crippen LogP contribution in [-0.2, 0) is 6.54 Å². The first-order valence-electron chi connectivity index (χ1n) is 7.81. The van der Waals surface area contributed by atoms with Crippen molar-refractivity contribution in [3.8, 4) is 0 Å². The first kappa shape index (κ1) is 12.4. The number of aromatic carboxylic acids is 1. The third kappa shape index (κ3) is 1.88.